The maximum absolute atomic E-state index is 11.1. The van der Waals surface area contributed by atoms with E-state index >= 15 is 0 Å². The fourth-order valence-electron chi connectivity index (χ4n) is 0.822. The van der Waals surface area contributed by atoms with Crippen LogP contribution in [0.1, 0.15) is 6.92 Å². The third-order valence-electron chi connectivity index (χ3n) is 1.46. The number of hydrogen-bond donors (Lipinski definition) is 0. The number of rotatable bonds is 1. The summed E-state index contributed by atoms with van der Waals surface area (Å²) < 4.78 is 10.8. The molecule has 0 spiro atoms. The standard InChI is InChI=1S/C7H9IO3/c1-4-7(9)5(8)3-6(10-2)11-4/h3-4,6H,1-2H3/t4-,6+/m1/s1. The average molecular weight is 268 g/mol. The first-order chi connectivity index (χ1) is 5.15. The van der Waals surface area contributed by atoms with Gasteiger partial charge in [-0.1, -0.05) is 0 Å². The minimum Gasteiger partial charge on any atom is -0.352 e. The van der Waals surface area contributed by atoms with Gasteiger partial charge in [0, 0.05) is 7.11 Å². The molecule has 0 saturated carbocycles. The number of hydrogen-bond acceptors (Lipinski definition) is 3. The van der Waals surface area contributed by atoms with Crippen molar-refractivity contribution in [2.24, 2.45) is 0 Å². The highest BCUT2D eigenvalue weighted by atomic mass is 127. The molecule has 1 heterocycles. The molecule has 0 N–H and O–H groups in total. The van der Waals surface area contributed by atoms with Gasteiger partial charge in [-0.25, -0.2) is 0 Å². The van der Waals surface area contributed by atoms with E-state index in [1.807, 2.05) is 22.6 Å². The Balaban J connectivity index is 2.76. The summed E-state index contributed by atoms with van der Waals surface area (Å²) in [6, 6.07) is 0. The molecular weight excluding hydrogens is 259 g/mol. The lowest BCUT2D eigenvalue weighted by Crippen LogP contribution is -2.31. The molecule has 0 amide bonds. The van der Waals surface area contributed by atoms with Gasteiger partial charge in [0.05, 0.1) is 3.58 Å². The minimum atomic E-state index is -0.378. The Kier molecular flexibility index (Phi) is 3.03. The molecule has 1 aliphatic rings. The molecule has 0 aromatic carbocycles. The molecule has 0 saturated heterocycles. The molecule has 0 radical (unpaired) electrons. The van der Waals surface area contributed by atoms with E-state index in [1.165, 1.54) is 0 Å². The van der Waals surface area contributed by atoms with E-state index in [0.717, 1.165) is 0 Å². The predicted octanol–water partition coefficient (Wildman–Crippen LogP) is 1.27. The molecule has 62 valence electrons. The normalized spacial score (nSPS) is 31.9. The summed E-state index contributed by atoms with van der Waals surface area (Å²) in [6.07, 6.45) is 0.926. The van der Waals surface area contributed by atoms with E-state index < -0.39 is 0 Å². The minimum absolute atomic E-state index is 0.0268. The van der Waals surface area contributed by atoms with Crippen LogP contribution < -0.4 is 0 Å². The van der Waals surface area contributed by atoms with Crippen LogP contribution >= 0.6 is 22.6 Å². The number of Topliss-reactive ketones (excluding diaryl/α,β-unsaturated/α-hetero) is 1. The Bertz CT molecular complexity index is 200. The van der Waals surface area contributed by atoms with Gasteiger partial charge in [-0.3, -0.25) is 4.79 Å². The number of carbonyl (C=O) groups is 1. The van der Waals surface area contributed by atoms with Crippen molar-refractivity contribution < 1.29 is 14.3 Å². The van der Waals surface area contributed by atoms with Gasteiger partial charge in [0.15, 0.2) is 12.1 Å². The summed E-state index contributed by atoms with van der Waals surface area (Å²) in [4.78, 5) is 11.1. The average Bonchev–Trinajstić information content (AvgIpc) is 1.99. The fourth-order valence-corrected chi connectivity index (χ4v) is 1.55. The molecule has 0 fully saturated rings. The van der Waals surface area contributed by atoms with E-state index in [0.29, 0.717) is 3.58 Å². The molecule has 4 heteroatoms. The van der Waals surface area contributed by atoms with Crippen LogP contribution in [0, 0.1) is 0 Å². The van der Waals surface area contributed by atoms with Crippen molar-refractivity contribution in [3.8, 4) is 0 Å². The highest BCUT2D eigenvalue weighted by molar-refractivity contribution is 14.1. The van der Waals surface area contributed by atoms with Gasteiger partial charge in [0.1, 0.15) is 6.10 Å². The summed E-state index contributed by atoms with van der Waals surface area (Å²) in [5.74, 6) is 0.0268. The van der Waals surface area contributed by atoms with Gasteiger partial charge >= 0.3 is 0 Å². The Morgan fingerprint density at radius 1 is 1.73 bits per heavy atom. The van der Waals surface area contributed by atoms with Crippen molar-refractivity contribution in [1.82, 2.24) is 0 Å². The van der Waals surface area contributed by atoms with Crippen LogP contribution in [0.2, 0.25) is 0 Å². The molecule has 1 rings (SSSR count). The Labute approximate surface area is 78.9 Å². The van der Waals surface area contributed by atoms with Crippen LogP contribution in [0.4, 0.5) is 0 Å². The Morgan fingerprint density at radius 2 is 2.36 bits per heavy atom. The van der Waals surface area contributed by atoms with Gasteiger partial charge < -0.3 is 9.47 Å². The van der Waals surface area contributed by atoms with E-state index in [4.69, 9.17) is 9.47 Å². The van der Waals surface area contributed by atoms with Crippen LogP contribution in [-0.4, -0.2) is 25.3 Å². The maximum Gasteiger partial charge on any atom is 0.197 e. The zero-order valence-electron chi connectivity index (χ0n) is 6.33. The predicted molar refractivity (Wildman–Crippen MR) is 48.5 cm³/mol. The second-order valence-electron chi connectivity index (χ2n) is 2.26. The van der Waals surface area contributed by atoms with Gasteiger partial charge in [-0.15, -0.1) is 0 Å². The molecule has 0 aromatic heterocycles. The summed E-state index contributed by atoms with van der Waals surface area (Å²) in [7, 11) is 1.55. The quantitative estimate of drug-likeness (QED) is 0.672. The molecule has 0 bridgehead atoms. The van der Waals surface area contributed by atoms with Crippen molar-refractivity contribution in [1.29, 1.82) is 0 Å². The third-order valence-corrected chi connectivity index (χ3v) is 2.35. The van der Waals surface area contributed by atoms with Crippen molar-refractivity contribution >= 4 is 28.4 Å². The van der Waals surface area contributed by atoms with Gasteiger partial charge in [0.25, 0.3) is 0 Å². The summed E-state index contributed by atoms with van der Waals surface area (Å²) in [5, 5.41) is 0. The Morgan fingerprint density at radius 3 is 2.82 bits per heavy atom. The molecular formula is C7H9IO3. The topological polar surface area (TPSA) is 35.5 Å². The summed E-state index contributed by atoms with van der Waals surface area (Å²) >= 11 is 1.99. The lowest BCUT2D eigenvalue weighted by Gasteiger charge is -2.22. The number of methoxy groups -OCH3 is 1. The SMILES string of the molecule is CO[C@@H]1C=C(I)C(=O)[C@@H](C)O1. The number of ketones is 1. The van der Waals surface area contributed by atoms with E-state index in [9.17, 15) is 4.79 Å². The second-order valence-corrected chi connectivity index (χ2v) is 3.42. The van der Waals surface area contributed by atoms with Crippen molar-refractivity contribution in [2.75, 3.05) is 7.11 Å². The first-order valence-corrected chi connectivity index (χ1v) is 4.33. The highest BCUT2D eigenvalue weighted by Gasteiger charge is 2.25. The second kappa shape index (κ2) is 3.64. The third kappa shape index (κ3) is 2.00. The van der Waals surface area contributed by atoms with Crippen LogP contribution in [0.25, 0.3) is 0 Å². The van der Waals surface area contributed by atoms with E-state index in [2.05, 4.69) is 0 Å². The van der Waals surface area contributed by atoms with E-state index in [1.54, 1.807) is 20.1 Å². The zero-order valence-corrected chi connectivity index (χ0v) is 8.49. The fraction of sp³-hybridized carbons (Fsp3) is 0.571. The first-order valence-electron chi connectivity index (χ1n) is 3.25. The van der Waals surface area contributed by atoms with Gasteiger partial charge in [-0.2, -0.15) is 0 Å². The Hall–Kier alpha value is 0.0600. The van der Waals surface area contributed by atoms with Crippen LogP contribution in [-0.2, 0) is 14.3 Å². The maximum atomic E-state index is 11.1. The van der Waals surface area contributed by atoms with Gasteiger partial charge in [-0.05, 0) is 35.6 Å². The first kappa shape index (κ1) is 9.15. The van der Waals surface area contributed by atoms with Crippen LogP contribution in [0.5, 0.6) is 0 Å². The largest absolute Gasteiger partial charge is 0.352 e. The molecule has 3 nitrogen and oxygen atoms in total. The lowest BCUT2D eigenvalue weighted by molar-refractivity contribution is -0.152. The zero-order chi connectivity index (χ0) is 8.43. The molecule has 0 unspecified atom stereocenters. The summed E-state index contributed by atoms with van der Waals surface area (Å²) in [5.41, 5.74) is 0. The van der Waals surface area contributed by atoms with Gasteiger partial charge in [0.2, 0.25) is 0 Å². The number of ether oxygens (including phenoxy) is 2. The van der Waals surface area contributed by atoms with Crippen molar-refractivity contribution in [2.45, 2.75) is 19.3 Å². The molecule has 1 aliphatic heterocycles. The van der Waals surface area contributed by atoms with Crippen molar-refractivity contribution in [3.63, 3.8) is 0 Å². The van der Waals surface area contributed by atoms with Crippen LogP contribution in [0.3, 0.4) is 0 Å². The molecule has 0 aliphatic carbocycles. The number of halogens is 1. The highest BCUT2D eigenvalue weighted by Crippen LogP contribution is 2.20. The number of carbonyl (C=O) groups excluding carboxylic acids is 1. The molecule has 0 aromatic rings. The van der Waals surface area contributed by atoms with Crippen LogP contribution in [0.15, 0.2) is 9.66 Å². The molecule has 11 heavy (non-hydrogen) atoms. The van der Waals surface area contributed by atoms with E-state index in [-0.39, 0.29) is 18.2 Å². The summed E-state index contributed by atoms with van der Waals surface area (Å²) in [6.45, 7) is 1.72. The monoisotopic (exact) mass is 268 g/mol. The smallest absolute Gasteiger partial charge is 0.197 e. The van der Waals surface area contributed by atoms with Crippen molar-refractivity contribution in [3.05, 3.63) is 9.66 Å². The lowest BCUT2D eigenvalue weighted by atomic mass is 10.2. The molecule has 2 atom stereocenters.